The van der Waals surface area contributed by atoms with Crippen LogP contribution in [0.1, 0.15) is 34.7 Å². The summed E-state index contributed by atoms with van der Waals surface area (Å²) in [4.78, 5) is 0. The molecule has 3 aromatic rings. The molecule has 5 heteroatoms. The summed E-state index contributed by atoms with van der Waals surface area (Å²) in [6, 6.07) is 18.8. The molecule has 0 aromatic heterocycles. The zero-order chi connectivity index (χ0) is 21.0. The number of aliphatic hydroxyl groups excluding tert-OH is 3. The Balaban J connectivity index is 1.54. The van der Waals surface area contributed by atoms with E-state index in [1.54, 1.807) is 6.92 Å². The predicted molar refractivity (Wildman–Crippen MR) is 113 cm³/mol. The molecule has 0 bridgehead atoms. The molecular formula is C25H26O5. The van der Waals surface area contributed by atoms with Gasteiger partial charge in [0.15, 0.2) is 0 Å². The monoisotopic (exact) mass is 406 g/mol. The topological polar surface area (TPSA) is 79.2 Å². The molecule has 2 heterocycles. The van der Waals surface area contributed by atoms with Gasteiger partial charge < -0.3 is 24.8 Å². The molecule has 5 atom stereocenters. The van der Waals surface area contributed by atoms with Crippen molar-refractivity contribution in [3.8, 4) is 0 Å². The van der Waals surface area contributed by atoms with Crippen molar-refractivity contribution in [3.63, 3.8) is 0 Å². The van der Waals surface area contributed by atoms with Gasteiger partial charge in [0.1, 0.15) is 18.3 Å². The van der Waals surface area contributed by atoms with Gasteiger partial charge in [0.2, 0.25) is 5.79 Å². The van der Waals surface area contributed by atoms with Crippen LogP contribution in [0.4, 0.5) is 0 Å². The molecule has 156 valence electrons. The molecule has 0 amide bonds. The first-order valence-corrected chi connectivity index (χ1v) is 10.4. The molecule has 0 unspecified atom stereocenters. The maximum Gasteiger partial charge on any atom is 0.225 e. The molecule has 0 saturated carbocycles. The molecule has 1 saturated heterocycles. The zero-order valence-electron chi connectivity index (χ0n) is 17.1. The second-order valence-electron chi connectivity index (χ2n) is 8.50. The average molecular weight is 406 g/mol. The normalized spacial score (nSPS) is 30.7. The van der Waals surface area contributed by atoms with E-state index in [1.807, 2.05) is 18.2 Å². The molecular weight excluding hydrogens is 380 g/mol. The SMILES string of the molecule is Cc1cc2c(cc1Cc1ccc3ccccc3c1)[C@]1(OC2)O[C@H](C)[C@@H](O)[C@H](O)[C@H]1O. The molecule has 5 nitrogen and oxygen atoms in total. The highest BCUT2D eigenvalue weighted by Gasteiger charge is 2.57. The van der Waals surface area contributed by atoms with E-state index in [9.17, 15) is 15.3 Å². The Morgan fingerprint density at radius 3 is 2.53 bits per heavy atom. The van der Waals surface area contributed by atoms with Crippen LogP contribution in [0.3, 0.4) is 0 Å². The summed E-state index contributed by atoms with van der Waals surface area (Å²) in [5.74, 6) is -1.46. The third-order valence-electron chi connectivity index (χ3n) is 6.49. The Morgan fingerprint density at radius 1 is 0.967 bits per heavy atom. The molecule has 2 aliphatic rings. The van der Waals surface area contributed by atoms with Crippen molar-refractivity contribution in [1.82, 2.24) is 0 Å². The van der Waals surface area contributed by atoms with Gasteiger partial charge in [0.25, 0.3) is 0 Å². The van der Waals surface area contributed by atoms with E-state index in [0.717, 1.165) is 28.7 Å². The highest BCUT2D eigenvalue weighted by Crippen LogP contribution is 2.46. The van der Waals surface area contributed by atoms with Gasteiger partial charge in [-0.25, -0.2) is 0 Å². The highest BCUT2D eigenvalue weighted by atomic mass is 16.7. The summed E-state index contributed by atoms with van der Waals surface area (Å²) in [5.41, 5.74) is 5.11. The number of benzene rings is 3. The van der Waals surface area contributed by atoms with E-state index in [4.69, 9.17) is 9.47 Å². The number of hydrogen-bond acceptors (Lipinski definition) is 5. The van der Waals surface area contributed by atoms with Crippen LogP contribution in [0.2, 0.25) is 0 Å². The molecule has 5 rings (SSSR count). The minimum Gasteiger partial charge on any atom is -0.388 e. The fraction of sp³-hybridized carbons (Fsp3) is 0.360. The molecule has 1 fully saturated rings. The van der Waals surface area contributed by atoms with Gasteiger partial charge in [0, 0.05) is 5.56 Å². The Kier molecular flexibility index (Phi) is 4.69. The summed E-state index contributed by atoms with van der Waals surface area (Å²) < 4.78 is 11.9. The van der Waals surface area contributed by atoms with Gasteiger partial charge in [-0.2, -0.15) is 0 Å². The highest BCUT2D eigenvalue weighted by molar-refractivity contribution is 5.83. The van der Waals surface area contributed by atoms with Crippen molar-refractivity contribution in [3.05, 3.63) is 82.4 Å². The fourth-order valence-electron chi connectivity index (χ4n) is 4.73. The van der Waals surface area contributed by atoms with Crippen molar-refractivity contribution in [2.75, 3.05) is 0 Å². The Bertz CT molecular complexity index is 1110. The summed E-state index contributed by atoms with van der Waals surface area (Å²) in [6.45, 7) is 4.03. The molecule has 0 radical (unpaired) electrons. The molecule has 0 aliphatic carbocycles. The Hall–Kier alpha value is -2.28. The van der Waals surface area contributed by atoms with Crippen LogP contribution in [-0.2, 0) is 28.3 Å². The van der Waals surface area contributed by atoms with Gasteiger partial charge in [0.05, 0.1) is 12.7 Å². The smallest absolute Gasteiger partial charge is 0.225 e. The first-order valence-electron chi connectivity index (χ1n) is 10.4. The quantitative estimate of drug-likeness (QED) is 0.610. The predicted octanol–water partition coefficient (Wildman–Crippen LogP) is 2.92. The first kappa shape index (κ1) is 19.7. The van der Waals surface area contributed by atoms with Crippen molar-refractivity contribution >= 4 is 10.8 Å². The fourth-order valence-corrected chi connectivity index (χ4v) is 4.73. The minimum atomic E-state index is -1.46. The Labute approximate surface area is 175 Å². The van der Waals surface area contributed by atoms with Crippen LogP contribution in [0.5, 0.6) is 0 Å². The van der Waals surface area contributed by atoms with Crippen molar-refractivity contribution in [1.29, 1.82) is 0 Å². The van der Waals surface area contributed by atoms with Crippen LogP contribution in [0, 0.1) is 6.92 Å². The van der Waals surface area contributed by atoms with Gasteiger partial charge in [-0.3, -0.25) is 0 Å². The van der Waals surface area contributed by atoms with E-state index in [0.29, 0.717) is 6.61 Å². The largest absolute Gasteiger partial charge is 0.388 e. The number of rotatable bonds is 2. The lowest BCUT2D eigenvalue weighted by molar-refractivity contribution is -0.362. The maximum absolute atomic E-state index is 10.8. The lowest BCUT2D eigenvalue weighted by Crippen LogP contribution is -2.62. The second kappa shape index (κ2) is 7.15. The Morgan fingerprint density at radius 2 is 1.73 bits per heavy atom. The third-order valence-corrected chi connectivity index (χ3v) is 6.49. The van der Waals surface area contributed by atoms with Gasteiger partial charge in [-0.1, -0.05) is 48.5 Å². The van der Waals surface area contributed by atoms with Crippen molar-refractivity contribution < 1.29 is 24.8 Å². The second-order valence-corrected chi connectivity index (χ2v) is 8.50. The molecule has 2 aliphatic heterocycles. The first-order chi connectivity index (χ1) is 14.4. The van der Waals surface area contributed by atoms with Crippen LogP contribution in [0.15, 0.2) is 54.6 Å². The summed E-state index contributed by atoms with van der Waals surface area (Å²) in [6.07, 6.45) is -3.82. The van der Waals surface area contributed by atoms with Crippen molar-refractivity contribution in [2.24, 2.45) is 0 Å². The van der Waals surface area contributed by atoms with Gasteiger partial charge in [-0.15, -0.1) is 0 Å². The van der Waals surface area contributed by atoms with E-state index in [1.165, 1.54) is 16.3 Å². The summed E-state index contributed by atoms with van der Waals surface area (Å²) in [7, 11) is 0. The number of hydrogen-bond donors (Lipinski definition) is 3. The molecule has 3 aromatic carbocycles. The zero-order valence-corrected chi connectivity index (χ0v) is 17.1. The van der Waals surface area contributed by atoms with Crippen LogP contribution < -0.4 is 0 Å². The molecule has 3 N–H and O–H groups in total. The number of aryl methyl sites for hydroxylation is 1. The molecule has 30 heavy (non-hydrogen) atoms. The molecule has 1 spiro atoms. The van der Waals surface area contributed by atoms with Gasteiger partial charge in [-0.05, 0) is 59.4 Å². The lowest BCUT2D eigenvalue weighted by Gasteiger charge is -2.45. The van der Waals surface area contributed by atoms with E-state index < -0.39 is 30.2 Å². The van der Waals surface area contributed by atoms with E-state index in [2.05, 4.69) is 43.3 Å². The van der Waals surface area contributed by atoms with Crippen LogP contribution in [0.25, 0.3) is 10.8 Å². The standard InChI is InChI=1S/C25H26O5/c1-14-9-20-13-29-25(24(28)23(27)22(26)15(2)30-25)21(20)12-19(14)11-16-7-8-17-5-3-4-6-18(17)10-16/h3-10,12,15,22-24,26-28H,11,13H2,1-2H3/t15-,22-,23+,24-,25+/m1/s1. The van der Waals surface area contributed by atoms with E-state index >= 15 is 0 Å². The van der Waals surface area contributed by atoms with Crippen molar-refractivity contribution in [2.45, 2.75) is 57.1 Å². The van der Waals surface area contributed by atoms with Crippen LogP contribution >= 0.6 is 0 Å². The third kappa shape index (κ3) is 2.97. The number of fused-ring (bicyclic) bond motifs is 3. The van der Waals surface area contributed by atoms with Crippen LogP contribution in [-0.4, -0.2) is 39.7 Å². The minimum absolute atomic E-state index is 0.291. The summed E-state index contributed by atoms with van der Waals surface area (Å²) in [5, 5.41) is 33.6. The average Bonchev–Trinajstić information content (AvgIpc) is 3.09. The number of ether oxygens (including phenoxy) is 2. The number of aliphatic hydroxyl groups is 3. The maximum atomic E-state index is 10.8. The lowest BCUT2D eigenvalue weighted by atomic mass is 9.85. The summed E-state index contributed by atoms with van der Waals surface area (Å²) >= 11 is 0. The van der Waals surface area contributed by atoms with E-state index in [-0.39, 0.29) is 0 Å². The van der Waals surface area contributed by atoms with Gasteiger partial charge >= 0.3 is 0 Å².